The second-order valence-corrected chi connectivity index (χ2v) is 16.2. The molecule has 0 aromatic heterocycles. The van der Waals surface area contributed by atoms with Gasteiger partial charge in [-0.1, -0.05) is 94.2 Å². The van der Waals surface area contributed by atoms with E-state index in [0.29, 0.717) is 23.1 Å². The largest absolute Gasteiger partial charge is 0.417 e. The van der Waals surface area contributed by atoms with Gasteiger partial charge in [0.15, 0.2) is 5.75 Å². The van der Waals surface area contributed by atoms with Gasteiger partial charge in [0, 0.05) is 10.8 Å². The Bertz CT molecular complexity index is 1760. The number of hydrogen-bond donors (Lipinski definition) is 1. The monoisotopic (exact) mass is 678 g/mol. The van der Waals surface area contributed by atoms with E-state index in [1.165, 1.54) is 24.6 Å². The number of hydrogen-bond acceptors (Lipinski definition) is 5. The third-order valence-electron chi connectivity index (χ3n) is 10.3. The van der Waals surface area contributed by atoms with Crippen molar-refractivity contribution in [2.45, 2.75) is 130 Å². The van der Waals surface area contributed by atoms with Crippen molar-refractivity contribution in [2.75, 3.05) is 0 Å². The predicted octanol–water partition coefficient (Wildman–Crippen LogP) is 10.0. The zero-order valence-corrected chi connectivity index (χ0v) is 27.5. The van der Waals surface area contributed by atoms with Crippen LogP contribution < -0.4 is 4.18 Å². The Morgan fingerprint density at radius 2 is 1.09 bits per heavy atom. The molecule has 6 nitrogen and oxygen atoms in total. The Balaban J connectivity index is 1.57. The number of alkyl halides is 3. The summed E-state index contributed by atoms with van der Waals surface area (Å²) in [6, 6.07) is 9.66. The number of halogens is 3. The molecule has 0 aliphatic heterocycles. The van der Waals surface area contributed by atoms with Crippen LogP contribution in [0, 0.1) is 0 Å². The minimum absolute atomic E-state index is 0.0163. The molecule has 3 aromatic carbocycles. The van der Waals surface area contributed by atoms with Crippen molar-refractivity contribution >= 4 is 31.0 Å². The molecule has 0 amide bonds. The van der Waals surface area contributed by atoms with Crippen molar-refractivity contribution in [3.05, 3.63) is 64.7 Å². The van der Waals surface area contributed by atoms with E-state index in [0.717, 1.165) is 102 Å². The average Bonchev–Trinajstić information content (AvgIpc) is 3.04. The quantitative estimate of drug-likeness (QED) is 0.197. The van der Waals surface area contributed by atoms with Crippen LogP contribution in [0.3, 0.4) is 0 Å². The summed E-state index contributed by atoms with van der Waals surface area (Å²) in [7, 11) is -10.0. The third-order valence-corrected chi connectivity index (χ3v) is 12.6. The molecule has 1 N–H and O–H groups in total. The summed E-state index contributed by atoms with van der Waals surface area (Å²) in [4.78, 5) is -1.26. The Kier molecular flexibility index (Phi) is 9.48. The van der Waals surface area contributed by atoms with Gasteiger partial charge < -0.3 is 4.18 Å². The van der Waals surface area contributed by atoms with Gasteiger partial charge in [0.05, 0.1) is 5.56 Å². The summed E-state index contributed by atoms with van der Waals surface area (Å²) in [5.74, 6) is -0.326. The highest BCUT2D eigenvalue weighted by molar-refractivity contribution is 7.87. The minimum Gasteiger partial charge on any atom is -0.378 e. The van der Waals surface area contributed by atoms with Crippen LogP contribution in [0.1, 0.15) is 136 Å². The lowest BCUT2D eigenvalue weighted by atomic mass is 9.76. The Labute approximate surface area is 269 Å². The standard InChI is InChI=1S/C35H41F3O6S2/c36-35(37,38)31-22-32(27-18-10-11-19-28(27)34(31)45(39,40)41)44-46(42,43)33-29(24-14-6-2-7-15-24)20-26(23-12-4-1-5-13-23)21-30(33)25-16-8-3-9-17-25/h10-11,18-25H,1-9,12-17H2,(H,39,40,41). The lowest BCUT2D eigenvalue weighted by molar-refractivity contribution is -0.139. The van der Waals surface area contributed by atoms with Gasteiger partial charge in [0.2, 0.25) is 0 Å². The Morgan fingerprint density at radius 1 is 0.630 bits per heavy atom. The van der Waals surface area contributed by atoms with Gasteiger partial charge in [-0.25, -0.2) is 0 Å². The molecule has 3 aliphatic carbocycles. The fraction of sp³-hybridized carbons (Fsp3) is 0.543. The van der Waals surface area contributed by atoms with Crippen LogP contribution in [0.5, 0.6) is 5.75 Å². The zero-order valence-electron chi connectivity index (χ0n) is 25.8. The van der Waals surface area contributed by atoms with Crippen LogP contribution in [0.15, 0.2) is 52.3 Å². The second kappa shape index (κ2) is 13.1. The first kappa shape index (κ1) is 33.3. The molecule has 3 saturated carbocycles. The van der Waals surface area contributed by atoms with Crippen LogP contribution in [0.4, 0.5) is 13.2 Å². The molecule has 3 aromatic rings. The van der Waals surface area contributed by atoms with Gasteiger partial charge in [-0.2, -0.15) is 30.0 Å². The number of rotatable bonds is 7. The van der Waals surface area contributed by atoms with Crippen molar-refractivity contribution in [3.63, 3.8) is 0 Å². The summed E-state index contributed by atoms with van der Waals surface area (Å²) in [5.41, 5.74) is 0.880. The number of benzene rings is 3. The lowest BCUT2D eigenvalue weighted by Crippen LogP contribution is -2.22. The van der Waals surface area contributed by atoms with Crippen LogP contribution in [0.25, 0.3) is 10.8 Å². The summed E-state index contributed by atoms with van der Waals surface area (Å²) < 4.78 is 112. The summed E-state index contributed by atoms with van der Waals surface area (Å²) in [5, 5.41) is -0.637. The van der Waals surface area contributed by atoms with Crippen molar-refractivity contribution in [1.29, 1.82) is 0 Å². The van der Waals surface area contributed by atoms with Gasteiger partial charge >= 0.3 is 16.3 Å². The Morgan fingerprint density at radius 3 is 1.54 bits per heavy atom. The smallest absolute Gasteiger partial charge is 0.378 e. The molecule has 250 valence electrons. The van der Waals surface area contributed by atoms with Crippen molar-refractivity contribution in [2.24, 2.45) is 0 Å². The molecular formula is C35H41F3O6S2. The van der Waals surface area contributed by atoms with Crippen molar-refractivity contribution < 1.29 is 38.7 Å². The van der Waals surface area contributed by atoms with Gasteiger partial charge in [0.25, 0.3) is 10.1 Å². The highest BCUT2D eigenvalue weighted by Crippen LogP contribution is 2.48. The van der Waals surface area contributed by atoms with E-state index in [2.05, 4.69) is 12.1 Å². The van der Waals surface area contributed by atoms with E-state index in [9.17, 15) is 34.6 Å². The molecule has 0 heterocycles. The lowest BCUT2D eigenvalue weighted by Gasteiger charge is -2.32. The normalized spacial score (nSPS) is 19.8. The molecule has 0 unspecified atom stereocenters. The molecule has 3 aliphatic rings. The second-order valence-electron chi connectivity index (χ2n) is 13.3. The van der Waals surface area contributed by atoms with Gasteiger partial charge in [0.1, 0.15) is 9.79 Å². The van der Waals surface area contributed by atoms with Gasteiger partial charge in [-0.15, -0.1) is 0 Å². The maximum Gasteiger partial charge on any atom is 0.417 e. The SMILES string of the molecule is O=S(=O)(O)c1c(C(F)(F)F)cc(OS(=O)(=O)c2c(C3CCCCC3)cc(C3CCCCC3)cc2C2CCCCC2)c2ccccc12. The van der Waals surface area contributed by atoms with Crippen LogP contribution in [-0.4, -0.2) is 21.4 Å². The van der Waals surface area contributed by atoms with Gasteiger partial charge in [-0.05, 0) is 79.0 Å². The molecule has 0 saturated heterocycles. The molecule has 0 atom stereocenters. The minimum atomic E-state index is -5.34. The predicted molar refractivity (Wildman–Crippen MR) is 170 cm³/mol. The maximum absolute atomic E-state index is 14.6. The topological polar surface area (TPSA) is 97.7 Å². The molecule has 0 bridgehead atoms. The fourth-order valence-electron chi connectivity index (χ4n) is 8.13. The third kappa shape index (κ3) is 6.83. The molecule has 11 heteroatoms. The molecule has 0 radical (unpaired) electrons. The Hall–Kier alpha value is -2.63. The first-order chi connectivity index (χ1) is 21.8. The number of fused-ring (bicyclic) bond motifs is 1. The van der Waals surface area contributed by atoms with E-state index in [1.54, 1.807) is 0 Å². The maximum atomic E-state index is 14.6. The van der Waals surface area contributed by atoms with E-state index in [4.69, 9.17) is 4.18 Å². The fourth-order valence-corrected chi connectivity index (χ4v) is 10.5. The van der Waals surface area contributed by atoms with Crippen LogP contribution >= 0.6 is 0 Å². The molecule has 0 spiro atoms. The zero-order chi connectivity index (χ0) is 32.7. The van der Waals surface area contributed by atoms with Crippen molar-refractivity contribution in [3.8, 4) is 5.75 Å². The first-order valence-electron chi connectivity index (χ1n) is 16.6. The molecule has 6 rings (SSSR count). The summed E-state index contributed by atoms with van der Waals surface area (Å²) >= 11 is 0. The van der Waals surface area contributed by atoms with Gasteiger partial charge in [-0.3, -0.25) is 4.55 Å². The van der Waals surface area contributed by atoms with E-state index >= 15 is 0 Å². The highest BCUT2D eigenvalue weighted by atomic mass is 32.2. The van der Waals surface area contributed by atoms with E-state index in [1.807, 2.05) is 0 Å². The summed E-state index contributed by atoms with van der Waals surface area (Å²) in [6.45, 7) is 0. The highest BCUT2D eigenvalue weighted by Gasteiger charge is 2.41. The molecular weight excluding hydrogens is 638 g/mol. The van der Waals surface area contributed by atoms with Crippen LogP contribution in [0.2, 0.25) is 0 Å². The van der Waals surface area contributed by atoms with E-state index < -0.39 is 48.0 Å². The average molecular weight is 679 g/mol. The van der Waals surface area contributed by atoms with Crippen LogP contribution in [-0.2, 0) is 26.4 Å². The van der Waals surface area contributed by atoms with Crippen molar-refractivity contribution in [1.82, 2.24) is 0 Å². The molecule has 3 fully saturated rings. The first-order valence-corrected chi connectivity index (χ1v) is 19.4. The summed E-state index contributed by atoms with van der Waals surface area (Å²) in [6.07, 6.45) is 9.60. The van der Waals surface area contributed by atoms with E-state index in [-0.39, 0.29) is 22.1 Å². The molecule has 46 heavy (non-hydrogen) atoms.